The number of nitrogens with zero attached hydrogens (tertiary/aromatic N) is 1. The summed E-state index contributed by atoms with van der Waals surface area (Å²) in [5, 5.41) is 5.10. The fourth-order valence-electron chi connectivity index (χ4n) is 1.21. The molecule has 1 aromatic heterocycles. The average molecular weight is 309 g/mol. The second-order valence-corrected chi connectivity index (χ2v) is 5.03. The van der Waals surface area contributed by atoms with Gasteiger partial charge in [-0.25, -0.2) is 4.98 Å². The second-order valence-electron chi connectivity index (χ2n) is 3.21. The van der Waals surface area contributed by atoms with E-state index in [1.807, 2.05) is 29.6 Å². The lowest BCUT2D eigenvalue weighted by Gasteiger charge is -1.96. The zero-order valence-electron chi connectivity index (χ0n) is 8.76. The molecule has 17 heavy (non-hydrogen) atoms. The lowest BCUT2D eigenvalue weighted by Crippen LogP contribution is -2.06. The maximum atomic E-state index is 11.5. The molecule has 5 heteroatoms. The van der Waals surface area contributed by atoms with E-state index in [9.17, 15) is 4.79 Å². The van der Waals surface area contributed by atoms with Crippen molar-refractivity contribution < 1.29 is 4.79 Å². The van der Waals surface area contributed by atoms with Crippen LogP contribution in [0.4, 0.5) is 5.13 Å². The van der Waals surface area contributed by atoms with Gasteiger partial charge in [0.05, 0.1) is 0 Å². The number of benzene rings is 1. The number of hydrogen-bond donors (Lipinski definition) is 1. The van der Waals surface area contributed by atoms with Gasteiger partial charge in [0.2, 0.25) is 5.91 Å². The fraction of sp³-hybridized carbons (Fsp3) is 0. The maximum Gasteiger partial charge on any atom is 0.250 e. The van der Waals surface area contributed by atoms with Gasteiger partial charge >= 0.3 is 0 Å². The number of carbonyl (C=O) groups excluding carboxylic acids is 1. The fourth-order valence-corrected chi connectivity index (χ4v) is 2.16. The Hall–Kier alpha value is -1.46. The molecule has 1 aromatic carbocycles. The summed E-state index contributed by atoms with van der Waals surface area (Å²) in [5.41, 5.74) is 0.966. The molecule has 0 aliphatic rings. The number of rotatable bonds is 3. The maximum absolute atomic E-state index is 11.5. The molecule has 1 heterocycles. The molecule has 1 amide bonds. The van der Waals surface area contributed by atoms with Crippen molar-refractivity contribution in [3.8, 4) is 0 Å². The van der Waals surface area contributed by atoms with Gasteiger partial charge in [0.15, 0.2) is 5.13 Å². The van der Waals surface area contributed by atoms with E-state index in [-0.39, 0.29) is 5.91 Å². The highest BCUT2D eigenvalue weighted by Gasteiger charge is 1.99. The van der Waals surface area contributed by atoms with Crippen LogP contribution in [0.5, 0.6) is 0 Å². The van der Waals surface area contributed by atoms with Crippen LogP contribution in [-0.4, -0.2) is 10.9 Å². The van der Waals surface area contributed by atoms with Crippen LogP contribution < -0.4 is 5.32 Å². The monoisotopic (exact) mass is 308 g/mol. The molecule has 2 aromatic rings. The molecule has 0 spiro atoms. The van der Waals surface area contributed by atoms with E-state index in [1.165, 1.54) is 17.4 Å². The molecule has 0 bridgehead atoms. The topological polar surface area (TPSA) is 42.0 Å². The zero-order valence-corrected chi connectivity index (χ0v) is 11.2. The van der Waals surface area contributed by atoms with Crippen LogP contribution in [0.1, 0.15) is 5.56 Å². The molecular weight excluding hydrogens is 300 g/mol. The number of halogens is 1. The summed E-state index contributed by atoms with van der Waals surface area (Å²) >= 11 is 4.77. The highest BCUT2D eigenvalue weighted by Crippen LogP contribution is 2.13. The van der Waals surface area contributed by atoms with Gasteiger partial charge in [0, 0.05) is 22.1 Å². The lowest BCUT2D eigenvalue weighted by molar-refractivity contribution is -0.111. The Kier molecular flexibility index (Phi) is 4.06. The summed E-state index contributed by atoms with van der Waals surface area (Å²) in [7, 11) is 0. The van der Waals surface area contributed by atoms with Gasteiger partial charge < -0.3 is 0 Å². The van der Waals surface area contributed by atoms with Crippen LogP contribution >= 0.6 is 27.3 Å². The first-order valence-electron chi connectivity index (χ1n) is 4.88. The molecule has 0 fully saturated rings. The molecule has 3 nitrogen and oxygen atoms in total. The number of nitrogens with one attached hydrogen (secondary N) is 1. The highest BCUT2D eigenvalue weighted by molar-refractivity contribution is 9.10. The zero-order chi connectivity index (χ0) is 12.1. The Morgan fingerprint density at radius 1 is 1.47 bits per heavy atom. The molecule has 0 aliphatic heterocycles. The first-order valence-corrected chi connectivity index (χ1v) is 6.55. The number of amides is 1. The van der Waals surface area contributed by atoms with Crippen LogP contribution in [0.3, 0.4) is 0 Å². The first-order chi connectivity index (χ1) is 8.24. The van der Waals surface area contributed by atoms with E-state index in [2.05, 4.69) is 26.2 Å². The molecule has 1 N–H and O–H groups in total. The predicted octanol–water partition coefficient (Wildman–Crippen LogP) is 3.56. The Morgan fingerprint density at radius 3 is 3.06 bits per heavy atom. The van der Waals surface area contributed by atoms with E-state index in [1.54, 1.807) is 12.3 Å². The van der Waals surface area contributed by atoms with Crippen molar-refractivity contribution >= 4 is 44.4 Å². The van der Waals surface area contributed by atoms with Crippen molar-refractivity contribution in [3.05, 3.63) is 52.0 Å². The molecule has 0 saturated carbocycles. The standard InChI is InChI=1S/C12H9BrN2OS/c13-10-3-1-2-9(8-10)4-5-11(16)15-12-14-6-7-17-12/h1-8H,(H,14,15,16)/b5-4+. The quantitative estimate of drug-likeness (QED) is 0.881. The van der Waals surface area contributed by atoms with Gasteiger partial charge in [0.1, 0.15) is 0 Å². The third kappa shape index (κ3) is 3.80. The minimum Gasteiger partial charge on any atom is -0.298 e. The van der Waals surface area contributed by atoms with Gasteiger partial charge in [-0.1, -0.05) is 28.1 Å². The molecule has 0 radical (unpaired) electrons. The molecule has 86 valence electrons. The third-order valence-electron chi connectivity index (χ3n) is 1.94. The summed E-state index contributed by atoms with van der Waals surface area (Å²) in [5.74, 6) is -0.181. The average Bonchev–Trinajstić information content (AvgIpc) is 2.79. The van der Waals surface area contributed by atoms with Gasteiger partial charge in [-0.3, -0.25) is 10.1 Å². The first kappa shape index (κ1) is 12.0. The summed E-state index contributed by atoms with van der Waals surface area (Å²) in [6.45, 7) is 0. The molecule has 0 unspecified atom stereocenters. The summed E-state index contributed by atoms with van der Waals surface area (Å²) in [6, 6.07) is 7.72. The second kappa shape index (κ2) is 5.75. The van der Waals surface area contributed by atoms with Gasteiger partial charge in [0.25, 0.3) is 0 Å². The molecule has 2 rings (SSSR count). The van der Waals surface area contributed by atoms with E-state index >= 15 is 0 Å². The van der Waals surface area contributed by atoms with Crippen molar-refractivity contribution in [2.45, 2.75) is 0 Å². The SMILES string of the molecule is O=C(/C=C/c1cccc(Br)c1)Nc1nccs1. The number of anilines is 1. The van der Waals surface area contributed by atoms with Crippen molar-refractivity contribution in [1.29, 1.82) is 0 Å². The third-order valence-corrected chi connectivity index (χ3v) is 3.12. The van der Waals surface area contributed by atoms with E-state index in [4.69, 9.17) is 0 Å². The van der Waals surface area contributed by atoms with Crippen LogP contribution in [0.2, 0.25) is 0 Å². The predicted molar refractivity (Wildman–Crippen MR) is 73.9 cm³/mol. The van der Waals surface area contributed by atoms with Gasteiger partial charge in [-0.05, 0) is 23.8 Å². The van der Waals surface area contributed by atoms with E-state index in [0.717, 1.165) is 10.0 Å². The van der Waals surface area contributed by atoms with Crippen molar-refractivity contribution in [1.82, 2.24) is 4.98 Å². The van der Waals surface area contributed by atoms with Crippen molar-refractivity contribution in [2.75, 3.05) is 5.32 Å². The summed E-state index contributed by atoms with van der Waals surface area (Å²) < 4.78 is 0.986. The van der Waals surface area contributed by atoms with E-state index in [0.29, 0.717) is 5.13 Å². The molecular formula is C12H9BrN2OS. The van der Waals surface area contributed by atoms with Gasteiger partial charge in [-0.15, -0.1) is 11.3 Å². The largest absolute Gasteiger partial charge is 0.298 e. The van der Waals surface area contributed by atoms with Crippen molar-refractivity contribution in [2.24, 2.45) is 0 Å². The van der Waals surface area contributed by atoms with Gasteiger partial charge in [-0.2, -0.15) is 0 Å². The Bertz CT molecular complexity index is 537. The van der Waals surface area contributed by atoms with Crippen LogP contribution in [0, 0.1) is 0 Å². The normalized spacial score (nSPS) is 10.6. The van der Waals surface area contributed by atoms with Crippen LogP contribution in [-0.2, 0) is 4.79 Å². The number of aromatic nitrogens is 1. The number of carbonyl (C=O) groups is 1. The Balaban J connectivity index is 1.99. The van der Waals surface area contributed by atoms with Crippen molar-refractivity contribution in [3.63, 3.8) is 0 Å². The molecule has 0 saturated heterocycles. The smallest absolute Gasteiger partial charge is 0.250 e. The summed E-state index contributed by atoms with van der Waals surface area (Å²) in [4.78, 5) is 15.5. The number of thiazole rings is 1. The van der Waals surface area contributed by atoms with Crippen LogP contribution in [0.25, 0.3) is 6.08 Å². The molecule has 0 atom stereocenters. The Morgan fingerprint density at radius 2 is 2.35 bits per heavy atom. The number of hydrogen-bond acceptors (Lipinski definition) is 3. The minimum absolute atomic E-state index is 0.181. The minimum atomic E-state index is -0.181. The summed E-state index contributed by atoms with van der Waals surface area (Å²) in [6.07, 6.45) is 4.90. The Labute approximate surface area is 111 Å². The molecule has 0 aliphatic carbocycles. The van der Waals surface area contributed by atoms with E-state index < -0.39 is 0 Å². The lowest BCUT2D eigenvalue weighted by atomic mass is 10.2. The van der Waals surface area contributed by atoms with Crippen LogP contribution in [0.15, 0.2) is 46.4 Å². The highest BCUT2D eigenvalue weighted by atomic mass is 79.9.